The van der Waals surface area contributed by atoms with Gasteiger partial charge in [-0.15, -0.1) is 0 Å². The Bertz CT molecular complexity index is 1030. The molecule has 0 spiro atoms. The first-order chi connectivity index (χ1) is 11.6. The summed E-state index contributed by atoms with van der Waals surface area (Å²) in [5.74, 6) is 0. The molecule has 0 bridgehead atoms. The fraction of sp³-hybridized carbons (Fsp3) is 0.200. The van der Waals surface area contributed by atoms with Gasteiger partial charge in [-0.2, -0.15) is 13.2 Å². The Morgan fingerprint density at radius 1 is 0.920 bits per heavy atom. The first kappa shape index (κ1) is 17.1. The molecule has 0 unspecified atom stereocenters. The minimum atomic E-state index is -4.34. The van der Waals surface area contributed by atoms with Crippen LogP contribution in [-0.2, 0) is 11.6 Å². The molecule has 0 aromatic heterocycles. The largest absolute Gasteiger partial charge is 0.416 e. The van der Waals surface area contributed by atoms with Crippen molar-refractivity contribution in [1.82, 2.24) is 0 Å². The highest BCUT2D eigenvalue weighted by Crippen LogP contribution is 2.54. The van der Waals surface area contributed by atoms with Crippen molar-refractivity contribution in [3.8, 4) is 11.1 Å². The molecular weight excluding hydrogens is 457 g/mol. The van der Waals surface area contributed by atoms with Crippen molar-refractivity contribution in [2.24, 2.45) is 0 Å². The average Bonchev–Trinajstić information content (AvgIpc) is 2.73. The molecule has 3 aromatic carbocycles. The van der Waals surface area contributed by atoms with Crippen LogP contribution in [0.5, 0.6) is 0 Å². The van der Waals surface area contributed by atoms with Crippen LogP contribution in [0.4, 0.5) is 13.2 Å². The molecule has 1 aliphatic rings. The molecule has 0 atom stereocenters. The van der Waals surface area contributed by atoms with E-state index in [4.69, 9.17) is 0 Å². The highest BCUT2D eigenvalue weighted by atomic mass is 79.9. The van der Waals surface area contributed by atoms with Gasteiger partial charge >= 0.3 is 6.18 Å². The predicted octanol–water partition coefficient (Wildman–Crippen LogP) is 7.69. The Labute approximate surface area is 160 Å². The van der Waals surface area contributed by atoms with Crippen LogP contribution in [0.2, 0.25) is 0 Å². The lowest BCUT2D eigenvalue weighted by molar-refractivity contribution is -0.137. The molecule has 4 rings (SSSR count). The van der Waals surface area contributed by atoms with Gasteiger partial charge in [0.15, 0.2) is 0 Å². The topological polar surface area (TPSA) is 0 Å². The Balaban J connectivity index is 2.10. The fourth-order valence-electron chi connectivity index (χ4n) is 3.86. The second kappa shape index (κ2) is 5.34. The lowest BCUT2D eigenvalue weighted by Crippen LogP contribution is -2.15. The van der Waals surface area contributed by atoms with E-state index in [9.17, 15) is 13.2 Å². The lowest BCUT2D eigenvalue weighted by atomic mass is 9.82. The summed E-state index contributed by atoms with van der Waals surface area (Å²) in [7, 11) is 0. The van der Waals surface area contributed by atoms with E-state index in [1.807, 2.05) is 18.2 Å². The van der Waals surface area contributed by atoms with Crippen LogP contribution in [0.25, 0.3) is 21.9 Å². The zero-order valence-electron chi connectivity index (χ0n) is 13.4. The average molecular weight is 470 g/mol. The number of hydrogen-bond acceptors (Lipinski definition) is 0. The Morgan fingerprint density at radius 3 is 2.32 bits per heavy atom. The molecule has 0 aliphatic heterocycles. The molecule has 0 fully saturated rings. The number of fused-ring (bicyclic) bond motifs is 5. The molecule has 0 N–H and O–H groups in total. The van der Waals surface area contributed by atoms with E-state index in [1.165, 1.54) is 12.1 Å². The maximum Gasteiger partial charge on any atom is 0.416 e. The smallest absolute Gasteiger partial charge is 0.166 e. The molecule has 0 amide bonds. The summed E-state index contributed by atoms with van der Waals surface area (Å²) in [6, 6.07) is 11.8. The normalized spacial score (nSPS) is 15.3. The van der Waals surface area contributed by atoms with Gasteiger partial charge in [0, 0.05) is 14.4 Å². The zero-order chi connectivity index (χ0) is 18.1. The molecule has 0 radical (unpaired) electrons. The van der Waals surface area contributed by atoms with Crippen molar-refractivity contribution in [2.45, 2.75) is 25.4 Å². The van der Waals surface area contributed by atoms with Gasteiger partial charge < -0.3 is 0 Å². The standard InChI is InChI=1S/C20H13Br2F3/c1-19(2)15-6-3-10-7-11(20(23,24)25)4-5-13(10)17(15)14-8-12(21)9-16(22)18(14)19/h3-9H,1-2H3. The molecule has 0 saturated heterocycles. The van der Waals surface area contributed by atoms with Crippen molar-refractivity contribution in [3.05, 3.63) is 68.1 Å². The highest BCUT2D eigenvalue weighted by molar-refractivity contribution is 9.11. The monoisotopic (exact) mass is 468 g/mol. The molecule has 5 heteroatoms. The highest BCUT2D eigenvalue weighted by Gasteiger charge is 2.38. The molecule has 0 heterocycles. The summed E-state index contributed by atoms with van der Waals surface area (Å²) < 4.78 is 41.1. The van der Waals surface area contributed by atoms with Crippen LogP contribution < -0.4 is 0 Å². The van der Waals surface area contributed by atoms with Crippen molar-refractivity contribution >= 4 is 42.6 Å². The van der Waals surface area contributed by atoms with Gasteiger partial charge in [0.25, 0.3) is 0 Å². The third kappa shape index (κ3) is 2.47. The molecule has 0 nitrogen and oxygen atoms in total. The van der Waals surface area contributed by atoms with E-state index in [1.54, 1.807) is 12.1 Å². The first-order valence-electron chi connectivity index (χ1n) is 7.75. The summed E-state index contributed by atoms with van der Waals surface area (Å²) in [4.78, 5) is 0. The van der Waals surface area contributed by atoms with Crippen molar-refractivity contribution in [3.63, 3.8) is 0 Å². The lowest BCUT2D eigenvalue weighted by Gasteiger charge is -2.23. The summed E-state index contributed by atoms with van der Waals surface area (Å²) in [5.41, 5.74) is 3.54. The zero-order valence-corrected chi connectivity index (χ0v) is 16.6. The molecule has 1 aliphatic carbocycles. The van der Waals surface area contributed by atoms with E-state index in [0.717, 1.165) is 36.6 Å². The third-order valence-electron chi connectivity index (χ3n) is 4.97. The number of halogens is 5. The molecular formula is C20H13Br2F3. The minimum Gasteiger partial charge on any atom is -0.166 e. The van der Waals surface area contributed by atoms with Gasteiger partial charge in [-0.3, -0.25) is 0 Å². The Morgan fingerprint density at radius 2 is 1.64 bits per heavy atom. The van der Waals surface area contributed by atoms with E-state index in [0.29, 0.717) is 5.39 Å². The van der Waals surface area contributed by atoms with Crippen LogP contribution in [0, 0.1) is 0 Å². The van der Waals surface area contributed by atoms with Crippen LogP contribution in [-0.4, -0.2) is 0 Å². The number of rotatable bonds is 0. The number of benzene rings is 3. The van der Waals surface area contributed by atoms with Crippen molar-refractivity contribution in [1.29, 1.82) is 0 Å². The van der Waals surface area contributed by atoms with Gasteiger partial charge in [-0.25, -0.2) is 0 Å². The molecule has 128 valence electrons. The number of hydrogen-bond donors (Lipinski definition) is 0. The van der Waals surface area contributed by atoms with Gasteiger partial charge in [-0.1, -0.05) is 63.9 Å². The van der Waals surface area contributed by atoms with Gasteiger partial charge in [0.05, 0.1) is 5.56 Å². The van der Waals surface area contributed by atoms with Crippen LogP contribution in [0.15, 0.2) is 51.4 Å². The van der Waals surface area contributed by atoms with Crippen LogP contribution in [0.1, 0.15) is 30.5 Å². The SMILES string of the molecule is CC1(C)c2ccc3cc(C(F)(F)F)ccc3c2-c2cc(Br)cc(Br)c21. The minimum absolute atomic E-state index is 0.221. The van der Waals surface area contributed by atoms with Crippen LogP contribution in [0.3, 0.4) is 0 Å². The summed E-state index contributed by atoms with van der Waals surface area (Å²) in [6.45, 7) is 4.29. The van der Waals surface area contributed by atoms with E-state index < -0.39 is 11.7 Å². The number of alkyl halides is 3. The van der Waals surface area contributed by atoms with Gasteiger partial charge in [0.1, 0.15) is 0 Å². The predicted molar refractivity (Wildman–Crippen MR) is 102 cm³/mol. The van der Waals surface area contributed by atoms with Crippen molar-refractivity contribution < 1.29 is 13.2 Å². The quantitative estimate of drug-likeness (QED) is 0.316. The van der Waals surface area contributed by atoms with Crippen LogP contribution >= 0.6 is 31.9 Å². The summed E-state index contributed by atoms with van der Waals surface area (Å²) in [6.07, 6.45) is -4.34. The van der Waals surface area contributed by atoms with Crippen molar-refractivity contribution in [2.75, 3.05) is 0 Å². The van der Waals surface area contributed by atoms with E-state index in [2.05, 4.69) is 45.7 Å². The Hall–Kier alpha value is -1.33. The first-order valence-corrected chi connectivity index (χ1v) is 9.33. The van der Waals surface area contributed by atoms with E-state index in [-0.39, 0.29) is 5.41 Å². The second-order valence-corrected chi connectivity index (χ2v) is 8.63. The summed E-state index contributed by atoms with van der Waals surface area (Å²) >= 11 is 7.18. The van der Waals surface area contributed by atoms with Gasteiger partial charge in [-0.05, 0) is 57.3 Å². The Kier molecular flexibility index (Phi) is 3.65. The molecule has 25 heavy (non-hydrogen) atoms. The fourth-order valence-corrected chi connectivity index (χ4v) is 5.58. The maximum atomic E-state index is 13.0. The van der Waals surface area contributed by atoms with Gasteiger partial charge in [0.2, 0.25) is 0 Å². The maximum absolute atomic E-state index is 13.0. The summed E-state index contributed by atoms with van der Waals surface area (Å²) in [5, 5.41) is 1.45. The van der Waals surface area contributed by atoms with E-state index >= 15 is 0 Å². The molecule has 0 saturated carbocycles. The second-order valence-electron chi connectivity index (χ2n) is 6.86. The third-order valence-corrected chi connectivity index (χ3v) is 6.05. The molecule has 3 aromatic rings.